The van der Waals surface area contributed by atoms with Gasteiger partial charge < -0.3 is 15.4 Å². The lowest BCUT2D eigenvalue weighted by molar-refractivity contribution is -0.117. The lowest BCUT2D eigenvalue weighted by Gasteiger charge is -2.17. The van der Waals surface area contributed by atoms with Crippen molar-refractivity contribution < 1.29 is 18.5 Å². The zero-order valence-corrected chi connectivity index (χ0v) is 12.2. The van der Waals surface area contributed by atoms with Gasteiger partial charge in [0, 0.05) is 18.8 Å². The van der Waals surface area contributed by atoms with E-state index in [1.54, 1.807) is 7.05 Å². The van der Waals surface area contributed by atoms with Crippen LogP contribution in [0.2, 0.25) is 0 Å². The molecule has 22 heavy (non-hydrogen) atoms. The number of hydrogen-bond donors (Lipinski definition) is 3. The van der Waals surface area contributed by atoms with Gasteiger partial charge in [0.2, 0.25) is 11.2 Å². The first-order valence-electron chi connectivity index (χ1n) is 6.18. The Kier molecular flexibility index (Phi) is 3.24. The highest BCUT2D eigenvalue weighted by molar-refractivity contribution is 7.85. The number of phenols is 1. The topological polar surface area (TPSA) is 113 Å². The number of benzene rings is 1. The highest BCUT2D eigenvalue weighted by atomic mass is 32.2. The molecule has 1 unspecified atom stereocenters. The molecule has 0 bridgehead atoms. The standard InChI is InChI=1S/C12H12FN5O3S/c1-17-4-7(15-12(17)14)6-2-3-8(19)11(10(6)13)18-5-9(20)16-22(18)21/h2-4,19H,5H2,1H3,(H2,14,15)(H,16,20). The zero-order chi connectivity index (χ0) is 16.0. The number of carbonyl (C=O) groups excluding carboxylic acids is 1. The number of nitrogens with two attached hydrogens (primary N) is 1. The van der Waals surface area contributed by atoms with E-state index in [9.17, 15) is 18.5 Å². The molecule has 1 aromatic heterocycles. The Hall–Kier alpha value is -2.62. The number of anilines is 2. The molecular weight excluding hydrogens is 313 g/mol. The van der Waals surface area contributed by atoms with Gasteiger partial charge in [-0.05, 0) is 12.1 Å². The van der Waals surface area contributed by atoms with Gasteiger partial charge in [-0.2, -0.15) is 0 Å². The summed E-state index contributed by atoms with van der Waals surface area (Å²) in [6.07, 6.45) is 1.53. The van der Waals surface area contributed by atoms with Crippen molar-refractivity contribution >= 4 is 28.7 Å². The van der Waals surface area contributed by atoms with Crippen molar-refractivity contribution in [1.82, 2.24) is 14.3 Å². The first kappa shape index (κ1) is 14.3. The van der Waals surface area contributed by atoms with Crippen LogP contribution in [0.4, 0.5) is 16.0 Å². The molecule has 0 saturated carbocycles. The average Bonchev–Trinajstić information content (AvgIpc) is 2.93. The number of aromatic hydroxyl groups is 1. The fraction of sp³-hybridized carbons (Fsp3) is 0.167. The van der Waals surface area contributed by atoms with E-state index in [4.69, 9.17) is 5.73 Å². The molecule has 3 rings (SSSR count). The monoisotopic (exact) mass is 325 g/mol. The van der Waals surface area contributed by atoms with Crippen LogP contribution in [0.5, 0.6) is 5.75 Å². The van der Waals surface area contributed by atoms with Gasteiger partial charge in [-0.25, -0.2) is 13.6 Å². The highest BCUT2D eigenvalue weighted by Crippen LogP contribution is 2.37. The van der Waals surface area contributed by atoms with Crippen LogP contribution in [-0.2, 0) is 23.0 Å². The third kappa shape index (κ3) is 2.17. The molecular formula is C12H12FN5O3S. The van der Waals surface area contributed by atoms with E-state index < -0.39 is 28.6 Å². The Balaban J connectivity index is 2.14. The SMILES string of the molecule is Cn1cc(-c2ccc(O)c(N3CC(=O)NS3=O)c2F)nc1N. The first-order valence-corrected chi connectivity index (χ1v) is 7.28. The molecule has 1 amide bonds. The maximum Gasteiger partial charge on any atom is 0.253 e. The number of amides is 1. The molecule has 1 atom stereocenters. The second-order valence-electron chi connectivity index (χ2n) is 4.70. The molecule has 4 N–H and O–H groups in total. The van der Waals surface area contributed by atoms with Crippen molar-refractivity contribution in [3.05, 3.63) is 24.1 Å². The predicted molar refractivity (Wildman–Crippen MR) is 78.3 cm³/mol. The summed E-state index contributed by atoms with van der Waals surface area (Å²) >= 11 is -1.94. The first-order chi connectivity index (χ1) is 10.4. The second-order valence-corrected chi connectivity index (χ2v) is 5.84. The van der Waals surface area contributed by atoms with Crippen molar-refractivity contribution in [2.24, 2.45) is 7.05 Å². The van der Waals surface area contributed by atoms with Crippen molar-refractivity contribution in [3.63, 3.8) is 0 Å². The summed E-state index contributed by atoms with van der Waals surface area (Å²) in [7, 11) is 1.66. The lowest BCUT2D eigenvalue weighted by Crippen LogP contribution is -2.23. The van der Waals surface area contributed by atoms with Gasteiger partial charge in [0.05, 0.1) is 5.69 Å². The average molecular weight is 325 g/mol. The van der Waals surface area contributed by atoms with Gasteiger partial charge in [-0.1, -0.05) is 0 Å². The fourth-order valence-electron chi connectivity index (χ4n) is 2.14. The Labute approximate surface area is 127 Å². The number of nitrogen functional groups attached to an aromatic ring is 1. The zero-order valence-electron chi connectivity index (χ0n) is 11.4. The minimum Gasteiger partial charge on any atom is -0.506 e. The number of carbonyl (C=O) groups is 1. The van der Waals surface area contributed by atoms with Crippen LogP contribution in [0.1, 0.15) is 0 Å². The van der Waals surface area contributed by atoms with E-state index in [-0.39, 0.29) is 29.4 Å². The van der Waals surface area contributed by atoms with Crippen LogP contribution in [0.25, 0.3) is 11.3 Å². The number of hydrogen-bond acceptors (Lipinski definition) is 5. The van der Waals surface area contributed by atoms with Gasteiger partial charge in [0.15, 0.2) is 11.8 Å². The number of halogens is 1. The van der Waals surface area contributed by atoms with Crippen molar-refractivity contribution in [1.29, 1.82) is 0 Å². The largest absolute Gasteiger partial charge is 0.506 e. The van der Waals surface area contributed by atoms with Crippen LogP contribution in [0.15, 0.2) is 18.3 Å². The molecule has 2 aromatic rings. The molecule has 0 spiro atoms. The van der Waals surface area contributed by atoms with Gasteiger partial charge in [0.25, 0.3) is 5.91 Å². The number of phenolic OH excluding ortho intramolecular Hbond substituents is 1. The number of aryl methyl sites for hydroxylation is 1. The molecule has 0 aliphatic carbocycles. The molecule has 10 heteroatoms. The maximum absolute atomic E-state index is 14.7. The summed E-state index contributed by atoms with van der Waals surface area (Å²) < 4.78 is 31.1. The Bertz CT molecular complexity index is 787. The smallest absolute Gasteiger partial charge is 0.253 e. The van der Waals surface area contributed by atoms with Crippen LogP contribution in [-0.4, -0.2) is 31.3 Å². The molecule has 2 heterocycles. The second kappa shape index (κ2) is 4.98. The van der Waals surface area contributed by atoms with Gasteiger partial charge >= 0.3 is 0 Å². The summed E-state index contributed by atoms with van der Waals surface area (Å²) in [6.45, 7) is -0.315. The molecule has 1 fully saturated rings. The van der Waals surface area contributed by atoms with E-state index in [0.717, 1.165) is 4.31 Å². The van der Waals surface area contributed by atoms with E-state index in [0.29, 0.717) is 0 Å². The van der Waals surface area contributed by atoms with Crippen molar-refractivity contribution in [2.45, 2.75) is 0 Å². The third-order valence-corrected chi connectivity index (χ3v) is 4.34. The highest BCUT2D eigenvalue weighted by Gasteiger charge is 2.32. The van der Waals surface area contributed by atoms with Crippen LogP contribution >= 0.6 is 0 Å². The minimum absolute atomic E-state index is 0.0800. The van der Waals surface area contributed by atoms with Crippen LogP contribution in [0.3, 0.4) is 0 Å². The Morgan fingerprint density at radius 3 is 2.77 bits per heavy atom. The number of imidazole rings is 1. The van der Waals surface area contributed by atoms with E-state index >= 15 is 0 Å². The van der Waals surface area contributed by atoms with Crippen molar-refractivity contribution in [2.75, 3.05) is 16.6 Å². The maximum atomic E-state index is 14.7. The lowest BCUT2D eigenvalue weighted by atomic mass is 10.1. The molecule has 116 valence electrons. The summed E-state index contributed by atoms with van der Waals surface area (Å²) in [6, 6.07) is 2.59. The summed E-state index contributed by atoms with van der Waals surface area (Å²) in [4.78, 5) is 15.3. The molecule has 0 radical (unpaired) electrons. The number of nitrogens with one attached hydrogen (secondary N) is 1. The third-order valence-electron chi connectivity index (χ3n) is 3.22. The predicted octanol–water partition coefficient (Wildman–Crippen LogP) is 0.0289. The van der Waals surface area contributed by atoms with E-state index in [1.807, 2.05) is 0 Å². The van der Waals surface area contributed by atoms with Gasteiger partial charge in [-0.15, -0.1) is 0 Å². The number of aromatic nitrogens is 2. The Morgan fingerprint density at radius 2 is 2.23 bits per heavy atom. The van der Waals surface area contributed by atoms with Crippen LogP contribution in [0, 0.1) is 5.82 Å². The molecule has 1 aliphatic heterocycles. The number of rotatable bonds is 2. The van der Waals surface area contributed by atoms with E-state index in [2.05, 4.69) is 9.71 Å². The Morgan fingerprint density at radius 1 is 1.50 bits per heavy atom. The van der Waals surface area contributed by atoms with E-state index in [1.165, 1.54) is 22.9 Å². The summed E-state index contributed by atoms with van der Waals surface area (Å²) in [5, 5.41) is 9.88. The summed E-state index contributed by atoms with van der Waals surface area (Å²) in [5.74, 6) is -1.58. The normalized spacial score (nSPS) is 17.8. The van der Waals surface area contributed by atoms with Crippen molar-refractivity contribution in [3.8, 4) is 17.0 Å². The van der Waals surface area contributed by atoms with Gasteiger partial charge in [-0.3, -0.25) is 13.8 Å². The molecule has 1 aliphatic rings. The minimum atomic E-state index is -1.94. The summed E-state index contributed by atoms with van der Waals surface area (Å²) in [5.41, 5.74) is 5.65. The van der Waals surface area contributed by atoms with Gasteiger partial charge in [0.1, 0.15) is 18.0 Å². The fourth-order valence-corrected chi connectivity index (χ4v) is 3.08. The van der Waals surface area contributed by atoms with Crippen LogP contribution < -0.4 is 14.8 Å². The molecule has 8 nitrogen and oxygen atoms in total. The molecule has 1 aromatic carbocycles. The quantitative estimate of drug-likeness (QED) is 0.721. The number of nitrogens with zero attached hydrogens (tertiary/aromatic N) is 3. The molecule has 1 saturated heterocycles.